The summed E-state index contributed by atoms with van der Waals surface area (Å²) in [7, 11) is 0. The maximum absolute atomic E-state index is 10.2. The zero-order valence-electron chi connectivity index (χ0n) is 8.42. The quantitative estimate of drug-likeness (QED) is 0.623. The van der Waals surface area contributed by atoms with Crippen LogP contribution >= 0.6 is 0 Å². The van der Waals surface area contributed by atoms with Gasteiger partial charge in [-0.05, 0) is 12.3 Å². The van der Waals surface area contributed by atoms with Gasteiger partial charge in [-0.15, -0.1) is 0 Å². The summed E-state index contributed by atoms with van der Waals surface area (Å²) < 4.78 is 0. The molecule has 3 nitrogen and oxygen atoms in total. The van der Waals surface area contributed by atoms with Gasteiger partial charge in [-0.25, -0.2) is 4.79 Å². The fourth-order valence-corrected chi connectivity index (χ4v) is 1.27. The smallest absolute Gasteiger partial charge is 0.330 e. The van der Waals surface area contributed by atoms with Gasteiger partial charge in [0.1, 0.15) is 0 Å². The van der Waals surface area contributed by atoms with E-state index in [1.165, 1.54) is 12.8 Å². The van der Waals surface area contributed by atoms with Crippen LogP contribution < -0.4 is 5.73 Å². The Hall–Kier alpha value is -0.990. The van der Waals surface area contributed by atoms with Gasteiger partial charge in [-0.3, -0.25) is 0 Å². The molecule has 0 unspecified atom stereocenters. The van der Waals surface area contributed by atoms with Crippen LogP contribution in [0.5, 0.6) is 0 Å². The van der Waals surface area contributed by atoms with Gasteiger partial charge in [0, 0.05) is 11.8 Å². The van der Waals surface area contributed by atoms with E-state index in [1.807, 2.05) is 0 Å². The van der Waals surface area contributed by atoms with Crippen molar-refractivity contribution in [1.82, 2.24) is 0 Å². The number of allylic oxidation sites excluding steroid dienone is 1. The highest BCUT2D eigenvalue weighted by Crippen LogP contribution is 2.14. The van der Waals surface area contributed by atoms with Crippen LogP contribution in [0.15, 0.2) is 11.8 Å². The Morgan fingerprint density at radius 2 is 2.23 bits per heavy atom. The lowest BCUT2D eigenvalue weighted by molar-refractivity contribution is -0.131. The topological polar surface area (TPSA) is 63.3 Å². The molecule has 0 spiro atoms. The molecule has 0 aromatic carbocycles. The van der Waals surface area contributed by atoms with Crippen LogP contribution in [0.4, 0.5) is 0 Å². The monoisotopic (exact) mass is 185 g/mol. The molecule has 0 saturated carbocycles. The summed E-state index contributed by atoms with van der Waals surface area (Å²) in [6, 6.07) is 0. The normalized spacial score (nSPS) is 14.2. The molecule has 0 aliphatic carbocycles. The Morgan fingerprint density at radius 1 is 1.62 bits per heavy atom. The number of unbranched alkanes of at least 4 members (excludes halogenated alkanes) is 1. The van der Waals surface area contributed by atoms with Crippen LogP contribution in [0.25, 0.3) is 0 Å². The first kappa shape index (κ1) is 12.0. The fraction of sp³-hybridized carbons (Fsp3) is 0.700. The molecule has 0 radical (unpaired) electrons. The standard InChI is InChI=1S/C10H19NO2/c1-3-4-5-8(2)6-9(11)7-10(12)13/h7-8H,3-6,11H2,1-2H3,(H,12,13)/t8-/m1/s1. The van der Waals surface area contributed by atoms with Gasteiger partial charge in [0.05, 0.1) is 0 Å². The molecule has 0 saturated heterocycles. The van der Waals surface area contributed by atoms with Gasteiger partial charge >= 0.3 is 5.97 Å². The van der Waals surface area contributed by atoms with Crippen LogP contribution in [0, 0.1) is 5.92 Å². The second-order valence-electron chi connectivity index (χ2n) is 3.51. The number of carboxylic acids is 1. The molecule has 3 heteroatoms. The predicted octanol–water partition coefficient (Wildman–Crippen LogP) is 2.13. The Morgan fingerprint density at radius 3 is 2.69 bits per heavy atom. The molecule has 1 atom stereocenters. The van der Waals surface area contributed by atoms with Crippen molar-refractivity contribution >= 4 is 5.97 Å². The lowest BCUT2D eigenvalue weighted by atomic mass is 9.99. The molecule has 0 aliphatic heterocycles. The molecule has 3 N–H and O–H groups in total. The molecule has 0 heterocycles. The van der Waals surface area contributed by atoms with Crippen LogP contribution in [0.1, 0.15) is 39.5 Å². The number of nitrogens with two attached hydrogens (primary N) is 1. The number of aliphatic carboxylic acids is 1. The van der Waals surface area contributed by atoms with E-state index < -0.39 is 5.97 Å². The minimum Gasteiger partial charge on any atom is -0.478 e. The number of hydrogen-bond donors (Lipinski definition) is 2. The van der Waals surface area contributed by atoms with Crippen LogP contribution in [-0.4, -0.2) is 11.1 Å². The number of rotatable bonds is 6. The average molecular weight is 185 g/mol. The Bertz CT molecular complexity index is 187. The number of hydrogen-bond acceptors (Lipinski definition) is 2. The van der Waals surface area contributed by atoms with E-state index in [9.17, 15) is 4.79 Å². The van der Waals surface area contributed by atoms with Gasteiger partial charge in [0.2, 0.25) is 0 Å². The average Bonchev–Trinajstić information content (AvgIpc) is 1.98. The van der Waals surface area contributed by atoms with Crippen molar-refractivity contribution in [3.63, 3.8) is 0 Å². The molecule has 0 aliphatic rings. The third kappa shape index (κ3) is 7.37. The van der Waals surface area contributed by atoms with E-state index >= 15 is 0 Å². The summed E-state index contributed by atoms with van der Waals surface area (Å²) in [4.78, 5) is 10.2. The van der Waals surface area contributed by atoms with E-state index in [2.05, 4.69) is 13.8 Å². The maximum atomic E-state index is 10.2. The minimum absolute atomic E-state index is 0.469. The Balaban J connectivity index is 3.77. The molecular weight excluding hydrogens is 166 g/mol. The van der Waals surface area contributed by atoms with Gasteiger partial charge in [-0.2, -0.15) is 0 Å². The number of carboxylic acid groups (broad SMARTS) is 1. The summed E-state index contributed by atoms with van der Waals surface area (Å²) in [6.07, 6.45) is 5.24. The lowest BCUT2D eigenvalue weighted by Gasteiger charge is -2.09. The van der Waals surface area contributed by atoms with Crippen LogP contribution in [0.3, 0.4) is 0 Å². The number of carbonyl (C=O) groups is 1. The van der Waals surface area contributed by atoms with E-state index in [0.29, 0.717) is 18.0 Å². The first-order valence-corrected chi connectivity index (χ1v) is 4.75. The molecule has 13 heavy (non-hydrogen) atoms. The summed E-state index contributed by atoms with van der Waals surface area (Å²) >= 11 is 0. The van der Waals surface area contributed by atoms with Crippen molar-refractivity contribution < 1.29 is 9.90 Å². The maximum Gasteiger partial charge on any atom is 0.330 e. The largest absolute Gasteiger partial charge is 0.478 e. The molecule has 0 bridgehead atoms. The van der Waals surface area contributed by atoms with Gasteiger partial charge < -0.3 is 10.8 Å². The summed E-state index contributed by atoms with van der Waals surface area (Å²) in [5.41, 5.74) is 6.00. The van der Waals surface area contributed by atoms with E-state index in [4.69, 9.17) is 10.8 Å². The lowest BCUT2D eigenvalue weighted by Crippen LogP contribution is -2.06. The highest BCUT2D eigenvalue weighted by molar-refractivity contribution is 5.80. The highest BCUT2D eigenvalue weighted by atomic mass is 16.4. The molecule has 0 rings (SSSR count). The van der Waals surface area contributed by atoms with Crippen molar-refractivity contribution in [2.75, 3.05) is 0 Å². The van der Waals surface area contributed by atoms with E-state index in [0.717, 1.165) is 12.5 Å². The van der Waals surface area contributed by atoms with Crippen molar-refractivity contribution in [3.05, 3.63) is 11.8 Å². The summed E-state index contributed by atoms with van der Waals surface area (Å²) in [6.45, 7) is 4.24. The Kier molecular flexibility index (Phi) is 6.02. The van der Waals surface area contributed by atoms with Crippen molar-refractivity contribution in [1.29, 1.82) is 0 Å². The van der Waals surface area contributed by atoms with Crippen molar-refractivity contribution in [2.24, 2.45) is 11.7 Å². The third-order valence-electron chi connectivity index (χ3n) is 1.94. The van der Waals surface area contributed by atoms with Crippen LogP contribution in [0.2, 0.25) is 0 Å². The second-order valence-corrected chi connectivity index (χ2v) is 3.51. The van der Waals surface area contributed by atoms with Crippen LogP contribution in [-0.2, 0) is 4.79 Å². The predicted molar refractivity (Wildman–Crippen MR) is 53.2 cm³/mol. The summed E-state index contributed by atoms with van der Waals surface area (Å²) in [5.74, 6) is -0.476. The van der Waals surface area contributed by atoms with Gasteiger partial charge in [0.25, 0.3) is 0 Å². The van der Waals surface area contributed by atoms with Gasteiger partial charge in [-0.1, -0.05) is 33.1 Å². The third-order valence-corrected chi connectivity index (χ3v) is 1.94. The zero-order valence-corrected chi connectivity index (χ0v) is 8.42. The Labute approximate surface area is 79.6 Å². The molecule has 0 amide bonds. The second kappa shape index (κ2) is 6.52. The van der Waals surface area contributed by atoms with E-state index in [1.54, 1.807) is 0 Å². The first-order valence-electron chi connectivity index (χ1n) is 4.75. The fourth-order valence-electron chi connectivity index (χ4n) is 1.27. The van der Waals surface area contributed by atoms with Crippen molar-refractivity contribution in [3.8, 4) is 0 Å². The SMILES string of the molecule is CCCC[C@@H](C)CC(N)=CC(=O)O. The molecule has 76 valence electrons. The first-order chi connectivity index (χ1) is 6.06. The van der Waals surface area contributed by atoms with Crippen molar-refractivity contribution in [2.45, 2.75) is 39.5 Å². The molecule has 0 aromatic heterocycles. The van der Waals surface area contributed by atoms with Gasteiger partial charge in [0.15, 0.2) is 0 Å². The molecule has 0 fully saturated rings. The zero-order chi connectivity index (χ0) is 10.3. The summed E-state index contributed by atoms with van der Waals surface area (Å²) in [5, 5.41) is 8.42. The highest BCUT2D eigenvalue weighted by Gasteiger charge is 2.03. The van der Waals surface area contributed by atoms with E-state index in [-0.39, 0.29) is 0 Å². The molecule has 0 aromatic rings. The minimum atomic E-state index is -0.958. The molecular formula is C10H19NO2.